The van der Waals surface area contributed by atoms with Crippen molar-refractivity contribution in [3.63, 3.8) is 0 Å². The van der Waals surface area contributed by atoms with Crippen molar-refractivity contribution in [2.45, 2.75) is 13.5 Å². The van der Waals surface area contributed by atoms with Crippen LogP contribution in [-0.4, -0.2) is 49.0 Å². The Morgan fingerprint density at radius 1 is 1.23 bits per heavy atom. The van der Waals surface area contributed by atoms with Crippen molar-refractivity contribution in [2.75, 3.05) is 38.6 Å². The van der Waals surface area contributed by atoms with Gasteiger partial charge in [0.25, 0.3) is 5.91 Å². The van der Waals surface area contributed by atoms with E-state index in [9.17, 15) is 10.1 Å². The maximum atomic E-state index is 12.8. The van der Waals surface area contributed by atoms with Crippen LogP contribution in [0.3, 0.4) is 0 Å². The number of amides is 1. The molecule has 156 valence electrons. The van der Waals surface area contributed by atoms with Crippen molar-refractivity contribution in [2.24, 2.45) is 0 Å². The van der Waals surface area contributed by atoms with E-state index in [4.69, 9.17) is 16.3 Å². The van der Waals surface area contributed by atoms with Gasteiger partial charge in [-0.25, -0.2) is 0 Å². The number of hydrogen-bond donors (Lipinski definition) is 1. The monoisotopic (exact) mass is 424 g/mol. The van der Waals surface area contributed by atoms with E-state index in [0.717, 1.165) is 25.2 Å². The number of rotatable bonds is 6. The predicted molar refractivity (Wildman–Crippen MR) is 118 cm³/mol. The largest absolute Gasteiger partial charge is 0.495 e. The van der Waals surface area contributed by atoms with E-state index in [1.165, 1.54) is 11.8 Å². The van der Waals surface area contributed by atoms with Crippen LogP contribution in [-0.2, 0) is 11.3 Å². The summed E-state index contributed by atoms with van der Waals surface area (Å²) in [5.74, 6) is 0.273. The number of methoxy groups -OCH3 is 1. The van der Waals surface area contributed by atoms with Crippen LogP contribution in [0, 0.1) is 18.3 Å². The van der Waals surface area contributed by atoms with Crippen molar-refractivity contribution < 1.29 is 9.53 Å². The smallest absolute Gasteiger partial charge is 0.266 e. The van der Waals surface area contributed by atoms with Crippen LogP contribution in [0.4, 0.5) is 5.69 Å². The normalized spacial score (nSPS) is 14.9. The lowest BCUT2D eigenvalue weighted by Crippen LogP contribution is -2.48. The predicted octanol–water partition coefficient (Wildman–Crippen LogP) is 3.82. The fourth-order valence-corrected chi connectivity index (χ4v) is 3.51. The molecule has 2 aromatic rings. The van der Waals surface area contributed by atoms with Gasteiger partial charge in [0.05, 0.1) is 12.8 Å². The molecule has 1 saturated heterocycles. The SMILES string of the molecule is COc1cc(Cl)c(C)cc1N/C=C(/C#N)C(=O)N1CCN(Cc2ccccc2)CC1. The Kier molecular flexibility index (Phi) is 7.34. The van der Waals surface area contributed by atoms with Crippen molar-refractivity contribution in [1.29, 1.82) is 5.26 Å². The lowest BCUT2D eigenvalue weighted by molar-refractivity contribution is -0.128. The van der Waals surface area contributed by atoms with Crippen molar-refractivity contribution in [3.05, 3.63) is 70.4 Å². The highest BCUT2D eigenvalue weighted by molar-refractivity contribution is 6.31. The fourth-order valence-electron chi connectivity index (χ4n) is 3.36. The third-order valence-electron chi connectivity index (χ3n) is 5.11. The van der Waals surface area contributed by atoms with E-state index < -0.39 is 0 Å². The van der Waals surface area contributed by atoms with Gasteiger partial charge in [0.1, 0.15) is 17.4 Å². The van der Waals surface area contributed by atoms with Gasteiger partial charge in [-0.15, -0.1) is 0 Å². The van der Waals surface area contributed by atoms with Gasteiger partial charge < -0.3 is 15.0 Å². The Hall–Kier alpha value is -3.01. The third-order valence-corrected chi connectivity index (χ3v) is 5.52. The summed E-state index contributed by atoms with van der Waals surface area (Å²) < 4.78 is 5.32. The van der Waals surface area contributed by atoms with Crippen LogP contribution < -0.4 is 10.1 Å². The standard InChI is InChI=1S/C23H25ClN4O2/c1-17-12-21(22(30-2)13-20(17)24)26-15-19(14-25)23(29)28-10-8-27(9-11-28)16-18-6-4-3-5-7-18/h3-7,12-13,15,26H,8-11,16H2,1-2H3/b19-15-. The quantitative estimate of drug-likeness (QED) is 0.564. The van der Waals surface area contributed by atoms with E-state index in [0.29, 0.717) is 29.5 Å². The molecule has 0 radical (unpaired) electrons. The van der Waals surface area contributed by atoms with Crippen LogP contribution in [0.15, 0.2) is 54.2 Å². The molecule has 0 saturated carbocycles. The molecule has 0 aromatic heterocycles. The number of ether oxygens (including phenoxy) is 1. The number of hydrogen-bond acceptors (Lipinski definition) is 5. The highest BCUT2D eigenvalue weighted by Gasteiger charge is 2.23. The molecule has 1 N–H and O–H groups in total. The molecule has 0 spiro atoms. The molecule has 1 amide bonds. The van der Waals surface area contributed by atoms with Crippen LogP contribution in [0.25, 0.3) is 0 Å². The summed E-state index contributed by atoms with van der Waals surface area (Å²) in [6.45, 7) is 5.47. The first kappa shape index (κ1) is 21.7. The van der Waals surface area contributed by atoms with Crippen molar-refractivity contribution in [3.8, 4) is 11.8 Å². The molecular weight excluding hydrogens is 400 g/mol. The van der Waals surface area contributed by atoms with Crippen LogP contribution in [0.5, 0.6) is 5.75 Å². The number of benzene rings is 2. The summed E-state index contributed by atoms with van der Waals surface area (Å²) in [6, 6.07) is 15.8. The molecular formula is C23H25ClN4O2. The molecule has 0 bridgehead atoms. The zero-order valence-corrected chi connectivity index (χ0v) is 17.9. The van der Waals surface area contributed by atoms with E-state index >= 15 is 0 Å². The first-order valence-electron chi connectivity index (χ1n) is 9.78. The molecule has 1 aliphatic heterocycles. The number of nitrogens with one attached hydrogen (secondary N) is 1. The number of nitrogens with zero attached hydrogens (tertiary/aromatic N) is 3. The van der Waals surface area contributed by atoms with Gasteiger partial charge in [-0.2, -0.15) is 5.26 Å². The summed E-state index contributed by atoms with van der Waals surface area (Å²) in [5, 5.41) is 13.1. The molecule has 0 aliphatic carbocycles. The number of aryl methyl sites for hydroxylation is 1. The molecule has 1 fully saturated rings. The molecule has 3 rings (SSSR count). The minimum absolute atomic E-state index is 0.0566. The summed E-state index contributed by atoms with van der Waals surface area (Å²) in [4.78, 5) is 16.9. The topological polar surface area (TPSA) is 68.6 Å². The highest BCUT2D eigenvalue weighted by Crippen LogP contribution is 2.31. The Morgan fingerprint density at radius 3 is 2.57 bits per heavy atom. The van der Waals surface area contributed by atoms with Gasteiger partial charge >= 0.3 is 0 Å². The number of nitriles is 1. The zero-order chi connectivity index (χ0) is 21.5. The molecule has 0 unspecified atom stereocenters. The van der Waals surface area contributed by atoms with Crippen molar-refractivity contribution in [1.82, 2.24) is 9.80 Å². The number of carbonyl (C=O) groups excluding carboxylic acids is 1. The number of carbonyl (C=O) groups is 1. The lowest BCUT2D eigenvalue weighted by atomic mass is 10.2. The Morgan fingerprint density at radius 2 is 1.93 bits per heavy atom. The minimum atomic E-state index is -0.269. The van der Waals surface area contributed by atoms with Gasteiger partial charge in [-0.1, -0.05) is 41.9 Å². The molecule has 1 aliphatic rings. The molecule has 2 aromatic carbocycles. The van der Waals surface area contributed by atoms with E-state index in [-0.39, 0.29) is 11.5 Å². The van der Waals surface area contributed by atoms with Gasteiger partial charge in [-0.3, -0.25) is 9.69 Å². The molecule has 1 heterocycles. The Labute approximate surface area is 182 Å². The number of halogens is 1. The lowest BCUT2D eigenvalue weighted by Gasteiger charge is -2.34. The molecule has 6 nitrogen and oxygen atoms in total. The van der Waals surface area contributed by atoms with E-state index in [1.54, 1.807) is 18.1 Å². The average molecular weight is 425 g/mol. The van der Waals surface area contributed by atoms with Gasteiger partial charge in [0.2, 0.25) is 0 Å². The van der Waals surface area contributed by atoms with Crippen LogP contribution in [0.2, 0.25) is 5.02 Å². The molecule has 0 atom stereocenters. The maximum Gasteiger partial charge on any atom is 0.266 e. The molecule has 30 heavy (non-hydrogen) atoms. The van der Waals surface area contributed by atoms with Crippen LogP contribution >= 0.6 is 11.6 Å². The first-order valence-corrected chi connectivity index (χ1v) is 10.2. The summed E-state index contributed by atoms with van der Waals surface area (Å²) in [6.07, 6.45) is 1.43. The highest BCUT2D eigenvalue weighted by atomic mass is 35.5. The van der Waals surface area contributed by atoms with Crippen LogP contribution in [0.1, 0.15) is 11.1 Å². The third kappa shape index (κ3) is 5.32. The summed E-state index contributed by atoms with van der Waals surface area (Å²) in [5.41, 5.74) is 2.83. The second kappa shape index (κ2) is 10.1. The summed E-state index contributed by atoms with van der Waals surface area (Å²) >= 11 is 6.13. The van der Waals surface area contributed by atoms with Gasteiger partial charge in [0, 0.05) is 50.0 Å². The fraction of sp³-hybridized carbons (Fsp3) is 0.304. The van der Waals surface area contributed by atoms with Gasteiger partial charge in [0.15, 0.2) is 0 Å². The maximum absolute atomic E-state index is 12.8. The zero-order valence-electron chi connectivity index (χ0n) is 17.2. The average Bonchev–Trinajstić information content (AvgIpc) is 2.77. The minimum Gasteiger partial charge on any atom is -0.495 e. The second-order valence-corrected chi connectivity index (χ2v) is 7.58. The van der Waals surface area contributed by atoms with E-state index in [2.05, 4.69) is 22.3 Å². The number of anilines is 1. The second-order valence-electron chi connectivity index (χ2n) is 7.17. The van der Waals surface area contributed by atoms with Gasteiger partial charge in [-0.05, 0) is 24.1 Å². The number of piperazine rings is 1. The Bertz CT molecular complexity index is 961. The summed E-state index contributed by atoms with van der Waals surface area (Å²) in [7, 11) is 1.54. The first-order chi connectivity index (χ1) is 14.5. The molecule has 7 heteroatoms. The Balaban J connectivity index is 1.61. The van der Waals surface area contributed by atoms with Crippen molar-refractivity contribution >= 4 is 23.2 Å². The van der Waals surface area contributed by atoms with E-state index in [1.807, 2.05) is 37.3 Å².